The van der Waals surface area contributed by atoms with Gasteiger partial charge in [-0.15, -0.1) is 0 Å². The fourth-order valence-electron chi connectivity index (χ4n) is 1.95. The van der Waals surface area contributed by atoms with E-state index in [1.807, 2.05) is 20.8 Å². The van der Waals surface area contributed by atoms with Gasteiger partial charge in [-0.3, -0.25) is 0 Å². The first-order valence-corrected chi connectivity index (χ1v) is 7.06. The van der Waals surface area contributed by atoms with E-state index in [0.29, 0.717) is 6.54 Å². The summed E-state index contributed by atoms with van der Waals surface area (Å²) >= 11 is 0. The Morgan fingerprint density at radius 2 is 2.05 bits per heavy atom. The van der Waals surface area contributed by atoms with Gasteiger partial charge in [-0.25, -0.2) is 4.79 Å². The molecular formula is C15H27NO3. The van der Waals surface area contributed by atoms with Gasteiger partial charge in [0.1, 0.15) is 5.60 Å². The van der Waals surface area contributed by atoms with Gasteiger partial charge in [0.05, 0.1) is 12.1 Å². The summed E-state index contributed by atoms with van der Waals surface area (Å²) in [4.78, 5) is 14.0. The molecule has 0 spiro atoms. The van der Waals surface area contributed by atoms with Crippen molar-refractivity contribution in [3.05, 3.63) is 12.2 Å². The number of rotatable bonds is 6. The largest absolute Gasteiger partial charge is 0.444 e. The van der Waals surface area contributed by atoms with E-state index < -0.39 is 5.60 Å². The molecule has 0 aromatic rings. The molecule has 1 aliphatic carbocycles. The third-order valence-electron chi connectivity index (χ3n) is 2.97. The second-order valence-electron chi connectivity index (χ2n) is 5.92. The lowest BCUT2D eigenvalue weighted by Gasteiger charge is -2.27. The summed E-state index contributed by atoms with van der Waals surface area (Å²) in [5, 5.41) is 0. The quantitative estimate of drug-likeness (QED) is 0.694. The molecule has 0 saturated heterocycles. The van der Waals surface area contributed by atoms with E-state index in [1.165, 1.54) is 0 Å². The minimum atomic E-state index is -0.452. The highest BCUT2D eigenvalue weighted by molar-refractivity contribution is 5.69. The lowest BCUT2D eigenvalue weighted by Crippen LogP contribution is -2.40. The number of methoxy groups -OCH3 is 1. The van der Waals surface area contributed by atoms with Crippen LogP contribution in [0.25, 0.3) is 0 Å². The van der Waals surface area contributed by atoms with Crippen molar-refractivity contribution in [2.45, 2.75) is 64.7 Å². The van der Waals surface area contributed by atoms with Gasteiger partial charge in [0.25, 0.3) is 0 Å². The molecular weight excluding hydrogens is 242 g/mol. The molecule has 19 heavy (non-hydrogen) atoms. The van der Waals surface area contributed by atoms with Gasteiger partial charge in [0, 0.05) is 13.7 Å². The molecule has 0 aromatic carbocycles. The third kappa shape index (κ3) is 5.64. The molecule has 2 atom stereocenters. The van der Waals surface area contributed by atoms with Gasteiger partial charge in [-0.2, -0.15) is 0 Å². The van der Waals surface area contributed by atoms with E-state index in [0.717, 1.165) is 19.3 Å². The van der Waals surface area contributed by atoms with Crippen LogP contribution in [0.4, 0.5) is 4.79 Å². The Kier molecular flexibility index (Phi) is 5.85. The van der Waals surface area contributed by atoms with Crippen molar-refractivity contribution >= 4 is 6.09 Å². The number of ether oxygens (including phenoxy) is 2. The van der Waals surface area contributed by atoms with Gasteiger partial charge in [-0.05, 0) is 40.0 Å². The van der Waals surface area contributed by atoms with Crippen LogP contribution in [0.1, 0.15) is 47.0 Å². The summed E-state index contributed by atoms with van der Waals surface area (Å²) in [6, 6.07) is 0.176. The zero-order valence-electron chi connectivity index (χ0n) is 12.8. The molecule has 2 unspecified atom stereocenters. The fourth-order valence-corrected chi connectivity index (χ4v) is 1.95. The third-order valence-corrected chi connectivity index (χ3v) is 2.97. The molecule has 4 nitrogen and oxygen atoms in total. The van der Waals surface area contributed by atoms with Crippen LogP contribution in [0.2, 0.25) is 0 Å². The highest BCUT2D eigenvalue weighted by atomic mass is 16.6. The van der Waals surface area contributed by atoms with Crippen LogP contribution in [-0.4, -0.2) is 42.4 Å². The maximum Gasteiger partial charge on any atom is 0.410 e. The molecule has 1 rings (SSSR count). The highest BCUT2D eigenvalue weighted by Crippen LogP contribution is 2.32. The average Bonchev–Trinajstić information content (AvgIpc) is 3.05. The fraction of sp³-hybridized carbons (Fsp3) is 0.800. The molecule has 110 valence electrons. The lowest BCUT2D eigenvalue weighted by molar-refractivity contribution is 0.0193. The molecule has 4 heteroatoms. The van der Waals surface area contributed by atoms with Gasteiger partial charge < -0.3 is 14.4 Å². The lowest BCUT2D eigenvalue weighted by atomic mass is 10.2. The minimum Gasteiger partial charge on any atom is -0.444 e. The van der Waals surface area contributed by atoms with Gasteiger partial charge >= 0.3 is 6.09 Å². The van der Waals surface area contributed by atoms with Crippen LogP contribution >= 0.6 is 0 Å². The van der Waals surface area contributed by atoms with Crippen molar-refractivity contribution in [1.82, 2.24) is 4.90 Å². The molecule has 1 amide bonds. The van der Waals surface area contributed by atoms with Crippen molar-refractivity contribution in [1.29, 1.82) is 0 Å². The summed E-state index contributed by atoms with van der Waals surface area (Å²) in [5.74, 6) is 0. The van der Waals surface area contributed by atoms with Crippen LogP contribution in [0.15, 0.2) is 12.2 Å². The second kappa shape index (κ2) is 6.94. The van der Waals surface area contributed by atoms with Gasteiger partial charge in [0.2, 0.25) is 0 Å². The number of amides is 1. The van der Waals surface area contributed by atoms with Gasteiger partial charge in [-0.1, -0.05) is 19.1 Å². The topological polar surface area (TPSA) is 38.8 Å². The summed E-state index contributed by atoms with van der Waals surface area (Å²) in [5.41, 5.74) is -0.452. The number of carbonyl (C=O) groups is 1. The number of nitrogens with zero attached hydrogens (tertiary/aromatic N) is 1. The summed E-state index contributed by atoms with van der Waals surface area (Å²) < 4.78 is 10.8. The number of hydrogen-bond acceptors (Lipinski definition) is 3. The van der Waals surface area contributed by atoms with Crippen LogP contribution in [0.3, 0.4) is 0 Å². The predicted octanol–water partition coefficient (Wildman–Crippen LogP) is 3.37. The molecule has 0 radical (unpaired) electrons. The first-order valence-electron chi connectivity index (χ1n) is 7.06. The average molecular weight is 269 g/mol. The Morgan fingerprint density at radius 1 is 1.37 bits per heavy atom. The molecule has 0 aromatic heterocycles. The maximum atomic E-state index is 12.2. The van der Waals surface area contributed by atoms with Crippen molar-refractivity contribution in [3.63, 3.8) is 0 Å². The summed E-state index contributed by atoms with van der Waals surface area (Å²) in [6.07, 6.45) is 6.96. The zero-order chi connectivity index (χ0) is 14.5. The Balaban J connectivity index is 2.54. The van der Waals surface area contributed by atoms with Crippen molar-refractivity contribution in [2.24, 2.45) is 0 Å². The van der Waals surface area contributed by atoms with Crippen molar-refractivity contribution < 1.29 is 14.3 Å². The van der Waals surface area contributed by atoms with E-state index in [-0.39, 0.29) is 18.2 Å². The standard InChI is InChI=1S/C15H27NO3/c1-6-7-8-9-10-16(12-11-13(12)18-5)14(17)19-15(2,3)4/h7-8,12-13H,6,9-11H2,1-5H3/b8-7-. The molecule has 0 heterocycles. The van der Waals surface area contributed by atoms with Gasteiger partial charge in [0.15, 0.2) is 0 Å². The zero-order valence-corrected chi connectivity index (χ0v) is 12.8. The summed E-state index contributed by atoms with van der Waals surface area (Å²) in [7, 11) is 1.69. The molecule has 0 N–H and O–H groups in total. The van der Waals surface area contributed by atoms with Crippen LogP contribution in [0.5, 0.6) is 0 Å². The monoisotopic (exact) mass is 269 g/mol. The van der Waals surface area contributed by atoms with Crippen LogP contribution in [-0.2, 0) is 9.47 Å². The van der Waals surface area contributed by atoms with Crippen molar-refractivity contribution in [3.8, 4) is 0 Å². The molecule has 0 bridgehead atoms. The van der Waals surface area contributed by atoms with Crippen molar-refractivity contribution in [2.75, 3.05) is 13.7 Å². The van der Waals surface area contributed by atoms with E-state index in [2.05, 4.69) is 19.1 Å². The first kappa shape index (κ1) is 16.0. The second-order valence-corrected chi connectivity index (χ2v) is 5.92. The maximum absolute atomic E-state index is 12.2. The molecule has 1 saturated carbocycles. The first-order chi connectivity index (χ1) is 8.89. The molecule has 1 fully saturated rings. The smallest absolute Gasteiger partial charge is 0.410 e. The molecule has 1 aliphatic rings. The predicted molar refractivity (Wildman–Crippen MR) is 76.2 cm³/mol. The van der Waals surface area contributed by atoms with E-state index >= 15 is 0 Å². The Hall–Kier alpha value is -1.03. The Labute approximate surface area is 116 Å². The summed E-state index contributed by atoms with van der Waals surface area (Å²) in [6.45, 7) is 8.46. The van der Waals surface area contributed by atoms with Crippen LogP contribution < -0.4 is 0 Å². The Bertz CT molecular complexity index is 320. The van der Waals surface area contributed by atoms with E-state index in [4.69, 9.17) is 9.47 Å². The molecule has 0 aliphatic heterocycles. The Morgan fingerprint density at radius 3 is 2.53 bits per heavy atom. The van der Waals surface area contributed by atoms with Crippen LogP contribution in [0, 0.1) is 0 Å². The SMILES string of the molecule is CC/C=C\CCN(C(=O)OC(C)(C)C)C1CC1OC. The number of allylic oxidation sites excluding steroid dienone is 1. The highest BCUT2D eigenvalue weighted by Gasteiger charge is 2.45. The normalized spacial score (nSPS) is 22.6. The minimum absolute atomic E-state index is 0.169. The number of hydrogen-bond donors (Lipinski definition) is 0. The number of carbonyl (C=O) groups excluding carboxylic acids is 1. The van der Waals surface area contributed by atoms with E-state index in [1.54, 1.807) is 12.0 Å². The van der Waals surface area contributed by atoms with E-state index in [9.17, 15) is 4.79 Å².